The van der Waals surface area contributed by atoms with Gasteiger partial charge in [-0.25, -0.2) is 0 Å². The normalized spacial score (nSPS) is 14.8. The van der Waals surface area contributed by atoms with Crippen molar-refractivity contribution in [2.24, 2.45) is 5.73 Å². The van der Waals surface area contributed by atoms with E-state index >= 15 is 0 Å². The zero-order valence-corrected chi connectivity index (χ0v) is 13.8. The average molecular weight is 366 g/mol. The molecular formula is C16H14BrClN2O. The Balaban J connectivity index is 2.04. The van der Waals surface area contributed by atoms with Crippen molar-refractivity contribution in [3.05, 3.63) is 62.1 Å². The summed E-state index contributed by atoms with van der Waals surface area (Å²) in [5.74, 6) is -0.00777. The zero-order chi connectivity index (χ0) is 15.1. The van der Waals surface area contributed by atoms with Crippen molar-refractivity contribution in [3.63, 3.8) is 0 Å². The number of nitrogens with two attached hydrogens (primary N) is 1. The second-order valence-electron chi connectivity index (χ2n) is 5.23. The van der Waals surface area contributed by atoms with Gasteiger partial charge in [0.2, 0.25) is 5.91 Å². The molecule has 0 spiro atoms. The van der Waals surface area contributed by atoms with Crippen LogP contribution in [-0.2, 0) is 11.2 Å². The van der Waals surface area contributed by atoms with Gasteiger partial charge in [0.25, 0.3) is 0 Å². The van der Waals surface area contributed by atoms with Crippen LogP contribution in [-0.4, -0.2) is 5.91 Å². The van der Waals surface area contributed by atoms with Gasteiger partial charge in [-0.3, -0.25) is 4.79 Å². The first-order valence-corrected chi connectivity index (χ1v) is 7.76. The monoisotopic (exact) mass is 364 g/mol. The summed E-state index contributed by atoms with van der Waals surface area (Å²) in [7, 11) is 0. The fraction of sp³-hybridized carbons (Fsp3) is 0.188. The maximum absolute atomic E-state index is 11.5. The van der Waals surface area contributed by atoms with Crippen LogP contribution in [0.4, 0.5) is 5.69 Å². The molecule has 1 aliphatic rings. The highest BCUT2D eigenvalue weighted by Crippen LogP contribution is 2.35. The van der Waals surface area contributed by atoms with Gasteiger partial charge in [-0.2, -0.15) is 0 Å². The van der Waals surface area contributed by atoms with E-state index in [1.807, 2.05) is 31.2 Å². The molecule has 0 saturated heterocycles. The molecule has 1 heterocycles. The molecule has 1 aliphatic heterocycles. The lowest BCUT2D eigenvalue weighted by Gasteiger charge is -2.18. The minimum atomic E-state index is -0.313. The number of amides is 1. The van der Waals surface area contributed by atoms with Gasteiger partial charge >= 0.3 is 0 Å². The quantitative estimate of drug-likeness (QED) is 0.846. The van der Waals surface area contributed by atoms with Crippen LogP contribution in [0, 0.1) is 6.92 Å². The standard InChI is InChI=1S/C16H14BrClN2O/c1-8-4-10(17)2-3-11(8)16(19)12-5-9-6-15(21)20-14(9)7-13(12)18/h2-5,7,16H,6,19H2,1H3,(H,20,21). The SMILES string of the molecule is Cc1cc(Br)ccc1C(N)c1cc2c(cc1Cl)NC(=O)C2. The van der Waals surface area contributed by atoms with Gasteiger partial charge in [0, 0.05) is 15.2 Å². The second kappa shape index (κ2) is 5.44. The molecule has 0 bridgehead atoms. The Morgan fingerprint density at radius 1 is 1.29 bits per heavy atom. The molecule has 0 aliphatic carbocycles. The summed E-state index contributed by atoms with van der Waals surface area (Å²) in [6.45, 7) is 2.02. The van der Waals surface area contributed by atoms with Crippen LogP contribution in [0.3, 0.4) is 0 Å². The van der Waals surface area contributed by atoms with Crippen molar-refractivity contribution in [1.29, 1.82) is 0 Å². The van der Waals surface area contributed by atoms with Crippen molar-refractivity contribution in [3.8, 4) is 0 Å². The van der Waals surface area contributed by atoms with Crippen LogP contribution in [0.5, 0.6) is 0 Å². The molecule has 5 heteroatoms. The number of anilines is 1. The molecule has 108 valence electrons. The van der Waals surface area contributed by atoms with Gasteiger partial charge < -0.3 is 11.1 Å². The number of carbonyl (C=O) groups is 1. The van der Waals surface area contributed by atoms with E-state index in [0.717, 1.165) is 32.4 Å². The van der Waals surface area contributed by atoms with E-state index in [-0.39, 0.29) is 11.9 Å². The average Bonchev–Trinajstić information content (AvgIpc) is 2.76. The third-order valence-corrected chi connectivity index (χ3v) is 4.57. The third kappa shape index (κ3) is 2.71. The first-order valence-electron chi connectivity index (χ1n) is 6.59. The minimum absolute atomic E-state index is 0.00777. The Labute approximate surface area is 136 Å². The van der Waals surface area contributed by atoms with Gasteiger partial charge in [-0.1, -0.05) is 33.6 Å². The number of aryl methyl sites for hydroxylation is 1. The Hall–Kier alpha value is -1.36. The summed E-state index contributed by atoms with van der Waals surface area (Å²) in [6.07, 6.45) is 0.380. The Kier molecular flexibility index (Phi) is 3.78. The molecule has 3 N–H and O–H groups in total. The Bertz CT molecular complexity index is 745. The molecule has 0 saturated carbocycles. The smallest absolute Gasteiger partial charge is 0.228 e. The minimum Gasteiger partial charge on any atom is -0.325 e. The molecule has 2 aromatic rings. The van der Waals surface area contributed by atoms with Gasteiger partial charge in [0.1, 0.15) is 0 Å². The molecular weight excluding hydrogens is 352 g/mol. The molecule has 2 aromatic carbocycles. The fourth-order valence-electron chi connectivity index (χ4n) is 2.66. The van der Waals surface area contributed by atoms with Crippen molar-refractivity contribution >= 4 is 39.1 Å². The van der Waals surface area contributed by atoms with Crippen molar-refractivity contribution in [2.45, 2.75) is 19.4 Å². The number of rotatable bonds is 2. The number of carbonyl (C=O) groups excluding carboxylic acids is 1. The molecule has 1 atom stereocenters. The summed E-state index contributed by atoms with van der Waals surface area (Å²) in [5, 5.41) is 3.37. The lowest BCUT2D eigenvalue weighted by molar-refractivity contribution is -0.115. The maximum Gasteiger partial charge on any atom is 0.228 e. The van der Waals surface area contributed by atoms with Crippen LogP contribution in [0.15, 0.2) is 34.8 Å². The summed E-state index contributed by atoms with van der Waals surface area (Å²) in [6, 6.07) is 9.40. The number of fused-ring (bicyclic) bond motifs is 1. The number of nitrogens with one attached hydrogen (secondary N) is 1. The maximum atomic E-state index is 11.5. The number of hydrogen-bond donors (Lipinski definition) is 2. The highest BCUT2D eigenvalue weighted by atomic mass is 79.9. The first-order chi connectivity index (χ1) is 9.95. The second-order valence-corrected chi connectivity index (χ2v) is 6.56. The van der Waals surface area contributed by atoms with E-state index < -0.39 is 0 Å². The van der Waals surface area contributed by atoms with E-state index in [2.05, 4.69) is 21.2 Å². The number of benzene rings is 2. The molecule has 1 amide bonds. The van der Waals surface area contributed by atoms with Gasteiger partial charge in [-0.15, -0.1) is 0 Å². The van der Waals surface area contributed by atoms with Gasteiger partial charge in [-0.05, 0) is 53.4 Å². The number of halogens is 2. The lowest BCUT2D eigenvalue weighted by atomic mass is 9.94. The zero-order valence-electron chi connectivity index (χ0n) is 11.4. The van der Waals surface area contributed by atoms with Crippen molar-refractivity contribution < 1.29 is 4.79 Å². The molecule has 1 unspecified atom stereocenters. The lowest BCUT2D eigenvalue weighted by Crippen LogP contribution is -2.14. The molecule has 21 heavy (non-hydrogen) atoms. The Morgan fingerprint density at radius 3 is 2.76 bits per heavy atom. The van der Waals surface area contributed by atoms with Crippen LogP contribution < -0.4 is 11.1 Å². The molecule has 3 nitrogen and oxygen atoms in total. The van der Waals surface area contributed by atoms with E-state index in [1.54, 1.807) is 6.07 Å². The summed E-state index contributed by atoms with van der Waals surface area (Å²) >= 11 is 9.79. The summed E-state index contributed by atoms with van der Waals surface area (Å²) in [4.78, 5) is 11.5. The highest BCUT2D eigenvalue weighted by molar-refractivity contribution is 9.10. The van der Waals surface area contributed by atoms with E-state index in [9.17, 15) is 4.79 Å². The summed E-state index contributed by atoms with van der Waals surface area (Å²) < 4.78 is 1.02. The summed E-state index contributed by atoms with van der Waals surface area (Å²) in [5.41, 5.74) is 11.1. The van der Waals surface area contributed by atoms with Crippen molar-refractivity contribution in [2.75, 3.05) is 5.32 Å². The van der Waals surface area contributed by atoms with Crippen LogP contribution in [0.1, 0.15) is 28.3 Å². The van der Waals surface area contributed by atoms with Crippen LogP contribution >= 0.6 is 27.5 Å². The van der Waals surface area contributed by atoms with Gasteiger partial charge in [0.05, 0.1) is 12.5 Å². The van der Waals surface area contributed by atoms with E-state index in [0.29, 0.717) is 11.4 Å². The molecule has 0 aromatic heterocycles. The first kappa shape index (κ1) is 14.6. The largest absolute Gasteiger partial charge is 0.325 e. The predicted molar refractivity (Wildman–Crippen MR) is 88.7 cm³/mol. The molecule has 0 radical (unpaired) electrons. The molecule has 0 fully saturated rings. The predicted octanol–water partition coefficient (Wildman–Crippen LogP) is 3.95. The van der Waals surface area contributed by atoms with E-state index in [1.165, 1.54) is 0 Å². The van der Waals surface area contributed by atoms with Crippen molar-refractivity contribution in [1.82, 2.24) is 0 Å². The number of hydrogen-bond acceptors (Lipinski definition) is 2. The van der Waals surface area contributed by atoms with Crippen LogP contribution in [0.2, 0.25) is 5.02 Å². The molecule has 3 rings (SSSR count). The Morgan fingerprint density at radius 2 is 2.05 bits per heavy atom. The highest BCUT2D eigenvalue weighted by Gasteiger charge is 2.22. The van der Waals surface area contributed by atoms with E-state index in [4.69, 9.17) is 17.3 Å². The fourth-order valence-corrected chi connectivity index (χ4v) is 3.42. The van der Waals surface area contributed by atoms with Gasteiger partial charge in [0.15, 0.2) is 0 Å². The van der Waals surface area contributed by atoms with Crippen LogP contribution in [0.25, 0.3) is 0 Å². The topological polar surface area (TPSA) is 55.1 Å². The third-order valence-electron chi connectivity index (χ3n) is 3.75.